The molecule has 0 radical (unpaired) electrons. The second kappa shape index (κ2) is 7.49. The standard InChI is InChI=1S/C19H24N6O4S/c1-4-29-22-18-21-16-6-5-14(30(27,28)23-19(2)7-8-19)9-15(16)17(26)25(18)12-13-10-20-24(3)11-13/h5-6,9-11,23H,4,7-8,12H2,1-3H3,(H,21,22). The highest BCUT2D eigenvalue weighted by Gasteiger charge is 2.41. The second-order valence-corrected chi connectivity index (χ2v) is 9.41. The van der Waals surface area contributed by atoms with Gasteiger partial charge in [0.15, 0.2) is 0 Å². The molecule has 0 aliphatic heterocycles. The van der Waals surface area contributed by atoms with Crippen LogP contribution in [0.2, 0.25) is 0 Å². The smallest absolute Gasteiger partial charge is 0.263 e. The van der Waals surface area contributed by atoms with Gasteiger partial charge in [0.05, 0.1) is 35.1 Å². The van der Waals surface area contributed by atoms with Gasteiger partial charge >= 0.3 is 0 Å². The van der Waals surface area contributed by atoms with Crippen LogP contribution in [0, 0.1) is 0 Å². The molecule has 0 bridgehead atoms. The van der Waals surface area contributed by atoms with Gasteiger partial charge in [0.1, 0.15) is 0 Å². The maximum atomic E-state index is 13.3. The van der Waals surface area contributed by atoms with Crippen LogP contribution in [0.5, 0.6) is 0 Å². The van der Waals surface area contributed by atoms with Crippen LogP contribution >= 0.6 is 0 Å². The van der Waals surface area contributed by atoms with E-state index < -0.39 is 15.6 Å². The molecule has 11 heteroatoms. The third kappa shape index (κ3) is 4.09. The summed E-state index contributed by atoms with van der Waals surface area (Å²) in [5.41, 5.74) is 3.10. The van der Waals surface area contributed by atoms with Gasteiger partial charge in [0.2, 0.25) is 16.0 Å². The van der Waals surface area contributed by atoms with Crippen molar-refractivity contribution >= 4 is 26.9 Å². The SMILES string of the molecule is CCONc1nc2ccc(S(=O)(=O)NC3(C)CC3)cc2c(=O)n1Cc1cnn(C)c1. The van der Waals surface area contributed by atoms with E-state index in [9.17, 15) is 13.2 Å². The van der Waals surface area contributed by atoms with Crippen LogP contribution in [-0.4, -0.2) is 39.9 Å². The van der Waals surface area contributed by atoms with E-state index in [0.29, 0.717) is 12.1 Å². The molecule has 0 amide bonds. The molecule has 0 atom stereocenters. The Balaban J connectivity index is 1.81. The van der Waals surface area contributed by atoms with E-state index in [1.54, 1.807) is 24.1 Å². The molecular weight excluding hydrogens is 408 g/mol. The molecule has 0 unspecified atom stereocenters. The van der Waals surface area contributed by atoms with Gasteiger partial charge < -0.3 is 0 Å². The predicted molar refractivity (Wildman–Crippen MR) is 112 cm³/mol. The number of aromatic nitrogens is 4. The molecule has 4 rings (SSSR count). The van der Waals surface area contributed by atoms with Gasteiger partial charge in [-0.3, -0.25) is 18.9 Å². The lowest BCUT2D eigenvalue weighted by molar-refractivity contribution is 0.205. The van der Waals surface area contributed by atoms with Crippen LogP contribution in [0.25, 0.3) is 10.9 Å². The van der Waals surface area contributed by atoms with Crippen LogP contribution in [0.3, 0.4) is 0 Å². The van der Waals surface area contributed by atoms with Crippen molar-refractivity contribution in [1.82, 2.24) is 24.1 Å². The molecule has 1 saturated carbocycles. The number of rotatable bonds is 8. The van der Waals surface area contributed by atoms with E-state index in [1.165, 1.54) is 22.8 Å². The van der Waals surface area contributed by atoms with Gasteiger partial charge in [-0.25, -0.2) is 23.6 Å². The summed E-state index contributed by atoms with van der Waals surface area (Å²) in [5, 5.41) is 4.34. The molecule has 1 aliphatic rings. The highest BCUT2D eigenvalue weighted by molar-refractivity contribution is 7.89. The van der Waals surface area contributed by atoms with Crippen LogP contribution < -0.4 is 15.8 Å². The maximum Gasteiger partial charge on any atom is 0.263 e. The van der Waals surface area contributed by atoms with Crippen molar-refractivity contribution < 1.29 is 13.3 Å². The van der Waals surface area contributed by atoms with Gasteiger partial charge in [-0.15, -0.1) is 0 Å². The third-order valence-electron chi connectivity index (χ3n) is 5.02. The molecular formula is C19H24N6O4S. The van der Waals surface area contributed by atoms with E-state index in [0.717, 1.165) is 18.4 Å². The molecule has 2 aromatic heterocycles. The first-order valence-electron chi connectivity index (χ1n) is 9.65. The zero-order chi connectivity index (χ0) is 21.5. The number of nitrogens with zero attached hydrogens (tertiary/aromatic N) is 4. The normalized spacial score (nSPS) is 15.4. The summed E-state index contributed by atoms with van der Waals surface area (Å²) < 4.78 is 31.2. The van der Waals surface area contributed by atoms with E-state index in [-0.39, 0.29) is 28.3 Å². The van der Waals surface area contributed by atoms with E-state index in [4.69, 9.17) is 4.84 Å². The number of fused-ring (bicyclic) bond motifs is 1. The van der Waals surface area contributed by atoms with Crippen molar-refractivity contribution in [3.8, 4) is 0 Å². The molecule has 2 heterocycles. The minimum absolute atomic E-state index is 0.0421. The summed E-state index contributed by atoms with van der Waals surface area (Å²) in [7, 11) is -1.95. The molecule has 1 fully saturated rings. The maximum absolute atomic E-state index is 13.3. The number of nitrogens with one attached hydrogen (secondary N) is 2. The quantitative estimate of drug-likeness (QED) is 0.516. The minimum atomic E-state index is -3.74. The monoisotopic (exact) mass is 432 g/mol. The number of aryl methyl sites for hydroxylation is 1. The van der Waals surface area contributed by atoms with E-state index >= 15 is 0 Å². The Bertz CT molecular complexity index is 1260. The highest BCUT2D eigenvalue weighted by atomic mass is 32.2. The molecule has 10 nitrogen and oxygen atoms in total. The van der Waals surface area contributed by atoms with Crippen molar-refractivity contribution in [2.24, 2.45) is 7.05 Å². The molecule has 1 aromatic carbocycles. The Morgan fingerprint density at radius 3 is 2.70 bits per heavy atom. The van der Waals surface area contributed by atoms with Crippen molar-refractivity contribution in [3.05, 3.63) is 46.5 Å². The average molecular weight is 433 g/mol. The first-order chi connectivity index (χ1) is 14.2. The summed E-state index contributed by atoms with van der Waals surface area (Å²) in [6.45, 7) is 4.25. The van der Waals surface area contributed by atoms with Crippen molar-refractivity contribution in [3.63, 3.8) is 0 Å². The molecule has 0 saturated heterocycles. The fourth-order valence-corrected chi connectivity index (χ4v) is 4.63. The predicted octanol–water partition coefficient (Wildman–Crippen LogP) is 1.37. The van der Waals surface area contributed by atoms with Gasteiger partial charge in [-0.2, -0.15) is 5.10 Å². The van der Waals surface area contributed by atoms with E-state index in [1.807, 2.05) is 13.8 Å². The van der Waals surface area contributed by atoms with Crippen molar-refractivity contribution in [2.75, 3.05) is 12.1 Å². The zero-order valence-electron chi connectivity index (χ0n) is 17.0. The van der Waals surface area contributed by atoms with Crippen molar-refractivity contribution in [1.29, 1.82) is 0 Å². The third-order valence-corrected chi connectivity index (χ3v) is 6.66. The summed E-state index contributed by atoms with van der Waals surface area (Å²) >= 11 is 0. The van der Waals surface area contributed by atoms with Crippen LogP contribution in [0.15, 0.2) is 40.3 Å². The topological polar surface area (TPSA) is 120 Å². The Morgan fingerprint density at radius 1 is 1.30 bits per heavy atom. The second-order valence-electron chi connectivity index (χ2n) is 7.73. The number of benzene rings is 1. The molecule has 0 spiro atoms. The van der Waals surface area contributed by atoms with Gasteiger partial charge in [0, 0.05) is 24.3 Å². The average Bonchev–Trinajstić information content (AvgIpc) is 3.26. The Hall–Kier alpha value is -2.76. The lowest BCUT2D eigenvalue weighted by atomic mass is 10.2. The lowest BCUT2D eigenvalue weighted by Crippen LogP contribution is -2.34. The zero-order valence-corrected chi connectivity index (χ0v) is 17.9. The fourth-order valence-electron chi connectivity index (χ4n) is 3.14. The number of hydrogen-bond donors (Lipinski definition) is 2. The summed E-state index contributed by atoms with van der Waals surface area (Å²) in [5.74, 6) is 0.234. The summed E-state index contributed by atoms with van der Waals surface area (Å²) in [4.78, 5) is 23.0. The van der Waals surface area contributed by atoms with Gasteiger partial charge in [0.25, 0.3) is 5.56 Å². The molecule has 2 N–H and O–H groups in total. The Morgan fingerprint density at radius 2 is 2.07 bits per heavy atom. The van der Waals surface area contributed by atoms with Crippen molar-refractivity contribution in [2.45, 2.75) is 43.7 Å². The Labute approximate surface area is 173 Å². The number of hydrogen-bond acceptors (Lipinski definition) is 7. The number of sulfonamides is 1. The van der Waals surface area contributed by atoms with E-state index in [2.05, 4.69) is 20.3 Å². The molecule has 30 heavy (non-hydrogen) atoms. The van der Waals surface area contributed by atoms with Gasteiger partial charge in [-0.1, -0.05) is 0 Å². The highest BCUT2D eigenvalue weighted by Crippen LogP contribution is 2.36. The molecule has 3 aromatic rings. The molecule has 1 aliphatic carbocycles. The van der Waals surface area contributed by atoms with Crippen LogP contribution in [-0.2, 0) is 28.5 Å². The largest absolute Gasteiger partial charge is 0.275 e. The van der Waals surface area contributed by atoms with Gasteiger partial charge in [-0.05, 0) is 44.9 Å². The number of anilines is 1. The molecule has 160 valence electrons. The minimum Gasteiger partial charge on any atom is -0.275 e. The first-order valence-corrected chi connectivity index (χ1v) is 11.1. The van der Waals surface area contributed by atoms with Crippen LogP contribution in [0.4, 0.5) is 5.95 Å². The lowest BCUT2D eigenvalue weighted by Gasteiger charge is -2.15. The fraction of sp³-hybridized carbons (Fsp3) is 0.421. The Kier molecular flexibility index (Phi) is 5.12. The summed E-state index contributed by atoms with van der Waals surface area (Å²) in [6.07, 6.45) is 5.04. The summed E-state index contributed by atoms with van der Waals surface area (Å²) in [6, 6.07) is 4.37. The van der Waals surface area contributed by atoms with Crippen LogP contribution in [0.1, 0.15) is 32.3 Å². The first kappa shape index (κ1) is 20.5.